The van der Waals surface area contributed by atoms with Gasteiger partial charge in [0.25, 0.3) is 5.03 Å². The maximum absolute atomic E-state index is 6.54. The molecule has 1 aromatic heterocycles. The fraction of sp³-hybridized carbons (Fsp3) is 0.370. The summed E-state index contributed by atoms with van der Waals surface area (Å²) in [5.74, 6) is 1.83. The maximum atomic E-state index is 6.54. The summed E-state index contributed by atoms with van der Waals surface area (Å²) in [6.45, 7) is 3.00. The van der Waals surface area contributed by atoms with Crippen LogP contribution in [0.25, 0.3) is 0 Å². The molecule has 2 aliphatic rings. The Balaban J connectivity index is 1.54. The Labute approximate surface area is 198 Å². The highest BCUT2D eigenvalue weighted by atomic mass is 32.2. The molecule has 6 heteroatoms. The fourth-order valence-electron chi connectivity index (χ4n) is 4.19. The molecule has 172 valence electrons. The Morgan fingerprint density at radius 3 is 1.61 bits per heavy atom. The van der Waals surface area contributed by atoms with E-state index in [9.17, 15) is 0 Å². The molecule has 5 nitrogen and oxygen atoms in total. The average Bonchev–Trinajstić information content (AvgIpc) is 2.88. The quantitative estimate of drug-likeness (QED) is 0.445. The molecule has 3 aromatic rings. The number of hydrogen-bond acceptors (Lipinski definition) is 5. The van der Waals surface area contributed by atoms with Crippen molar-refractivity contribution in [3.63, 3.8) is 0 Å². The van der Waals surface area contributed by atoms with E-state index in [2.05, 4.69) is 42.5 Å². The average molecular weight is 465 g/mol. The molecule has 0 bridgehead atoms. The van der Waals surface area contributed by atoms with Crippen LogP contribution in [0.5, 0.6) is 11.5 Å². The molecule has 2 fully saturated rings. The Kier molecular flexibility index (Phi) is 7.46. The van der Waals surface area contributed by atoms with E-state index in [-0.39, 0.29) is 12.2 Å². The Bertz CT molecular complexity index is 956. The number of rotatable bonds is 7. The zero-order chi connectivity index (χ0) is 22.3. The lowest BCUT2D eigenvalue weighted by Crippen LogP contribution is -2.27. The van der Waals surface area contributed by atoms with E-state index in [0.29, 0.717) is 0 Å². The topological polar surface area (TPSA) is 49.8 Å². The first kappa shape index (κ1) is 22.3. The molecule has 2 saturated heterocycles. The number of benzene rings is 2. The SMILES string of the molecule is c1ccc([S+](c2ccccc2OC2CCOCC2)c2ccccc2OC2CCOCC2)nc1. The van der Waals surface area contributed by atoms with Crippen LogP contribution >= 0.6 is 0 Å². The van der Waals surface area contributed by atoms with Crippen LogP contribution in [0.2, 0.25) is 0 Å². The van der Waals surface area contributed by atoms with Crippen LogP contribution in [0.3, 0.4) is 0 Å². The van der Waals surface area contributed by atoms with Crippen LogP contribution in [0.1, 0.15) is 25.7 Å². The third-order valence-electron chi connectivity index (χ3n) is 5.91. The highest BCUT2D eigenvalue weighted by Gasteiger charge is 2.37. The van der Waals surface area contributed by atoms with Gasteiger partial charge in [0.1, 0.15) is 23.1 Å². The van der Waals surface area contributed by atoms with Crippen molar-refractivity contribution in [2.45, 2.75) is 52.7 Å². The minimum atomic E-state index is -0.470. The monoisotopic (exact) mass is 464 g/mol. The van der Waals surface area contributed by atoms with Crippen molar-refractivity contribution in [1.82, 2.24) is 4.98 Å². The van der Waals surface area contributed by atoms with E-state index in [1.807, 2.05) is 30.5 Å². The first-order valence-corrected chi connectivity index (χ1v) is 12.9. The summed E-state index contributed by atoms with van der Waals surface area (Å²) in [6, 6.07) is 22.8. The first-order chi connectivity index (χ1) is 16.4. The van der Waals surface area contributed by atoms with Gasteiger partial charge in [-0.25, -0.2) is 4.98 Å². The molecule has 0 unspecified atom stereocenters. The molecular formula is C27H30NO4S+. The van der Waals surface area contributed by atoms with Crippen molar-refractivity contribution in [2.24, 2.45) is 0 Å². The van der Waals surface area contributed by atoms with Gasteiger partial charge in [-0.15, -0.1) is 0 Å². The van der Waals surface area contributed by atoms with Crippen molar-refractivity contribution in [1.29, 1.82) is 0 Å². The van der Waals surface area contributed by atoms with Gasteiger partial charge >= 0.3 is 0 Å². The van der Waals surface area contributed by atoms with Crippen LogP contribution in [0.4, 0.5) is 0 Å². The van der Waals surface area contributed by atoms with Gasteiger partial charge in [0.15, 0.2) is 11.5 Å². The molecule has 0 atom stereocenters. The van der Waals surface area contributed by atoms with E-state index in [1.54, 1.807) is 0 Å². The van der Waals surface area contributed by atoms with E-state index in [4.69, 9.17) is 23.9 Å². The third-order valence-corrected chi connectivity index (χ3v) is 8.12. The number of ether oxygens (including phenoxy) is 4. The molecule has 0 aliphatic carbocycles. The normalized spacial score (nSPS) is 17.7. The lowest BCUT2D eigenvalue weighted by Gasteiger charge is -2.25. The van der Waals surface area contributed by atoms with Gasteiger partial charge in [0, 0.05) is 37.9 Å². The molecule has 0 spiro atoms. The van der Waals surface area contributed by atoms with Crippen LogP contribution < -0.4 is 9.47 Å². The standard InChI is InChI=1S/C27H30NO4S/c1-3-9-25(23(7-1)31-21-12-17-29-18-13-21)33(27-11-5-6-16-28-27)26-10-4-2-8-24(26)32-22-14-19-30-20-15-22/h1-11,16,21-22H,12-15,17-20H2/q+1. The summed E-state index contributed by atoms with van der Waals surface area (Å²) in [4.78, 5) is 7.03. The van der Waals surface area contributed by atoms with Gasteiger partial charge < -0.3 is 18.9 Å². The van der Waals surface area contributed by atoms with E-state index >= 15 is 0 Å². The molecule has 0 amide bonds. The fourth-order valence-corrected chi connectivity index (χ4v) is 6.32. The second-order valence-electron chi connectivity index (χ2n) is 8.23. The number of hydrogen-bond donors (Lipinski definition) is 0. The molecule has 3 heterocycles. The summed E-state index contributed by atoms with van der Waals surface area (Å²) in [7, 11) is -0.470. The molecule has 0 saturated carbocycles. The van der Waals surface area contributed by atoms with Gasteiger partial charge in [-0.05, 0) is 30.3 Å². The third kappa shape index (κ3) is 5.52. The lowest BCUT2D eigenvalue weighted by atomic mass is 10.1. The zero-order valence-electron chi connectivity index (χ0n) is 18.7. The Morgan fingerprint density at radius 2 is 1.12 bits per heavy atom. The second-order valence-corrected chi connectivity index (χ2v) is 10.1. The molecule has 5 rings (SSSR count). The van der Waals surface area contributed by atoms with Gasteiger partial charge in [-0.1, -0.05) is 30.3 Å². The molecule has 2 aromatic carbocycles. The largest absolute Gasteiger partial charge is 0.485 e. The maximum Gasteiger partial charge on any atom is 0.258 e. The van der Waals surface area contributed by atoms with Gasteiger partial charge in [0.05, 0.1) is 26.4 Å². The number of nitrogens with zero attached hydrogens (tertiary/aromatic N) is 1. The second kappa shape index (κ2) is 11.1. The van der Waals surface area contributed by atoms with Crippen LogP contribution in [0, 0.1) is 0 Å². The predicted octanol–water partition coefficient (Wildman–Crippen LogP) is 5.29. The van der Waals surface area contributed by atoms with Crippen molar-refractivity contribution < 1.29 is 18.9 Å². The number of para-hydroxylation sites is 2. The summed E-state index contributed by atoms with van der Waals surface area (Å²) in [5, 5.41) is 1.00. The predicted molar refractivity (Wildman–Crippen MR) is 128 cm³/mol. The zero-order valence-corrected chi connectivity index (χ0v) is 19.5. The summed E-state index contributed by atoms with van der Waals surface area (Å²) in [5.41, 5.74) is 0. The molecule has 33 heavy (non-hydrogen) atoms. The van der Waals surface area contributed by atoms with Crippen LogP contribution in [-0.2, 0) is 20.4 Å². The number of aromatic nitrogens is 1. The minimum Gasteiger partial charge on any atom is -0.485 e. The molecular weight excluding hydrogens is 434 g/mol. The van der Waals surface area contributed by atoms with E-state index < -0.39 is 10.9 Å². The van der Waals surface area contributed by atoms with Crippen molar-refractivity contribution >= 4 is 10.9 Å². The molecule has 2 aliphatic heterocycles. The van der Waals surface area contributed by atoms with Gasteiger partial charge in [-0.3, -0.25) is 0 Å². The van der Waals surface area contributed by atoms with Gasteiger partial charge in [-0.2, -0.15) is 0 Å². The Hall–Kier alpha value is -2.54. The number of pyridine rings is 1. The smallest absolute Gasteiger partial charge is 0.258 e. The lowest BCUT2D eigenvalue weighted by molar-refractivity contribution is 0.0244. The minimum absolute atomic E-state index is 0.169. The van der Waals surface area contributed by atoms with Crippen molar-refractivity contribution in [3.05, 3.63) is 72.9 Å². The van der Waals surface area contributed by atoms with E-state index in [0.717, 1.165) is 78.4 Å². The molecule has 0 N–H and O–H groups in total. The van der Waals surface area contributed by atoms with Crippen molar-refractivity contribution in [2.75, 3.05) is 26.4 Å². The Morgan fingerprint density at radius 1 is 0.636 bits per heavy atom. The summed E-state index contributed by atoms with van der Waals surface area (Å²) < 4.78 is 24.1. The van der Waals surface area contributed by atoms with Crippen LogP contribution in [-0.4, -0.2) is 43.6 Å². The van der Waals surface area contributed by atoms with Gasteiger partial charge in [0.2, 0.25) is 9.79 Å². The highest BCUT2D eigenvalue weighted by molar-refractivity contribution is 7.97. The van der Waals surface area contributed by atoms with Crippen LogP contribution in [0.15, 0.2) is 87.7 Å². The first-order valence-electron chi connectivity index (χ1n) is 11.7. The summed E-state index contributed by atoms with van der Waals surface area (Å²) >= 11 is 0. The van der Waals surface area contributed by atoms with Crippen molar-refractivity contribution in [3.8, 4) is 11.5 Å². The summed E-state index contributed by atoms with van der Waals surface area (Å²) in [6.07, 6.45) is 5.85. The van der Waals surface area contributed by atoms with E-state index in [1.165, 1.54) is 0 Å². The molecule has 0 radical (unpaired) electrons. The highest BCUT2D eigenvalue weighted by Crippen LogP contribution is 2.41.